The molecule has 1 aromatic carbocycles. The number of fused-ring (bicyclic) bond motifs is 1. The molecule has 0 saturated carbocycles. The van der Waals surface area contributed by atoms with Crippen LogP contribution in [0.15, 0.2) is 18.2 Å². The number of hydrogen-bond donors (Lipinski definition) is 1. The van der Waals surface area contributed by atoms with Gasteiger partial charge in [0.15, 0.2) is 11.5 Å². The summed E-state index contributed by atoms with van der Waals surface area (Å²) in [4.78, 5) is 2.31. The van der Waals surface area contributed by atoms with Crippen molar-refractivity contribution in [1.29, 1.82) is 0 Å². The van der Waals surface area contributed by atoms with Crippen molar-refractivity contribution in [3.8, 4) is 17.2 Å². The van der Waals surface area contributed by atoms with Gasteiger partial charge in [-0.3, -0.25) is 0 Å². The average Bonchev–Trinajstić information content (AvgIpc) is 2.95. The molecule has 1 atom stereocenters. The monoisotopic (exact) mass is 328 g/mol. The zero-order valence-corrected chi connectivity index (χ0v) is 13.6. The molecule has 1 aromatic rings. The summed E-state index contributed by atoms with van der Waals surface area (Å²) in [5.41, 5.74) is 0. The number of ether oxygens (including phenoxy) is 3. The van der Waals surface area contributed by atoms with Gasteiger partial charge < -0.3 is 36.6 Å². The first-order chi connectivity index (χ1) is 10.2. The summed E-state index contributed by atoms with van der Waals surface area (Å²) >= 11 is 0. The van der Waals surface area contributed by atoms with Crippen LogP contribution < -0.4 is 26.6 Å². The Hall–Kier alpha value is -1.17. The number of aliphatic hydroxyl groups excluding tert-OH is 1. The van der Waals surface area contributed by atoms with Crippen molar-refractivity contribution in [3.05, 3.63) is 18.2 Å². The molecule has 2 aliphatic heterocycles. The molecule has 0 radical (unpaired) electrons. The van der Waals surface area contributed by atoms with Gasteiger partial charge in [-0.2, -0.15) is 0 Å². The standard InChI is InChI=1S/C16H23NO4.ClH/c1-12-4-6-17(7-5-12)9-13(18)10-19-14-2-3-15-16(8-14)21-11-20-15;/h2-3,8,12-13,18H,4-7,9-11H2,1H3;1H/p-1. The molecule has 124 valence electrons. The molecule has 0 aromatic heterocycles. The molecule has 1 saturated heterocycles. The van der Waals surface area contributed by atoms with E-state index in [1.165, 1.54) is 12.8 Å². The van der Waals surface area contributed by atoms with Crippen LogP contribution >= 0.6 is 0 Å². The third-order valence-electron chi connectivity index (χ3n) is 4.13. The number of piperidine rings is 1. The Morgan fingerprint density at radius 1 is 1.27 bits per heavy atom. The molecule has 5 nitrogen and oxygen atoms in total. The topological polar surface area (TPSA) is 51.2 Å². The smallest absolute Gasteiger partial charge is 0.231 e. The number of halogens is 1. The average molecular weight is 329 g/mol. The van der Waals surface area contributed by atoms with E-state index in [1.54, 1.807) is 6.07 Å². The molecule has 0 bridgehead atoms. The SMILES string of the molecule is CC1CCN(CC(O)COc2ccc3c(c2)OCO3)CC1.[Cl-]. The first-order valence-electron chi connectivity index (χ1n) is 7.63. The summed E-state index contributed by atoms with van der Waals surface area (Å²) in [6.07, 6.45) is 1.97. The minimum atomic E-state index is -0.469. The van der Waals surface area contributed by atoms with Crippen molar-refractivity contribution in [1.82, 2.24) is 4.90 Å². The molecule has 0 spiro atoms. The molecule has 6 heteroatoms. The van der Waals surface area contributed by atoms with Gasteiger partial charge in [-0.15, -0.1) is 0 Å². The van der Waals surface area contributed by atoms with E-state index in [1.807, 2.05) is 12.1 Å². The molecule has 22 heavy (non-hydrogen) atoms. The third kappa shape index (κ3) is 4.41. The maximum atomic E-state index is 10.1. The van der Waals surface area contributed by atoms with Crippen molar-refractivity contribution in [2.75, 3.05) is 33.0 Å². The molecule has 0 aliphatic carbocycles. The van der Waals surface area contributed by atoms with Crippen molar-refractivity contribution < 1.29 is 31.7 Å². The van der Waals surface area contributed by atoms with Crippen molar-refractivity contribution >= 4 is 0 Å². The van der Waals surface area contributed by atoms with Crippen LogP contribution in [0.3, 0.4) is 0 Å². The second kappa shape index (κ2) is 7.90. The van der Waals surface area contributed by atoms with Crippen LogP contribution in [-0.2, 0) is 0 Å². The van der Waals surface area contributed by atoms with E-state index in [-0.39, 0.29) is 19.2 Å². The summed E-state index contributed by atoms with van der Waals surface area (Å²) in [6.45, 7) is 5.67. The van der Waals surface area contributed by atoms with Gasteiger partial charge in [-0.1, -0.05) is 6.92 Å². The molecular weight excluding hydrogens is 306 g/mol. The van der Waals surface area contributed by atoms with Gasteiger partial charge in [0.25, 0.3) is 0 Å². The van der Waals surface area contributed by atoms with Gasteiger partial charge in [0.1, 0.15) is 18.5 Å². The minimum absolute atomic E-state index is 0. The van der Waals surface area contributed by atoms with Crippen molar-refractivity contribution in [2.24, 2.45) is 5.92 Å². The molecule has 2 heterocycles. The maximum Gasteiger partial charge on any atom is 0.231 e. The number of rotatable bonds is 5. The number of likely N-dealkylation sites (tertiary alicyclic amines) is 1. The van der Waals surface area contributed by atoms with E-state index < -0.39 is 6.10 Å². The van der Waals surface area contributed by atoms with Gasteiger partial charge in [-0.05, 0) is 44.0 Å². The van der Waals surface area contributed by atoms with E-state index >= 15 is 0 Å². The van der Waals surface area contributed by atoms with Crippen LogP contribution in [0, 0.1) is 5.92 Å². The molecule has 3 rings (SSSR count). The van der Waals surface area contributed by atoms with Crippen LogP contribution in [0.5, 0.6) is 17.2 Å². The lowest BCUT2D eigenvalue weighted by molar-refractivity contribution is -0.00000812. The number of benzene rings is 1. The molecule has 1 unspecified atom stereocenters. The van der Waals surface area contributed by atoms with E-state index in [9.17, 15) is 5.11 Å². The second-order valence-electron chi connectivity index (χ2n) is 5.96. The van der Waals surface area contributed by atoms with Crippen LogP contribution in [0.1, 0.15) is 19.8 Å². The van der Waals surface area contributed by atoms with Gasteiger partial charge >= 0.3 is 0 Å². The predicted molar refractivity (Wildman–Crippen MR) is 78.9 cm³/mol. The van der Waals surface area contributed by atoms with Crippen LogP contribution in [0.2, 0.25) is 0 Å². The minimum Gasteiger partial charge on any atom is -1.00 e. The van der Waals surface area contributed by atoms with Gasteiger partial charge in [0, 0.05) is 12.6 Å². The summed E-state index contributed by atoms with van der Waals surface area (Å²) in [6, 6.07) is 5.47. The van der Waals surface area contributed by atoms with Gasteiger partial charge in [0.2, 0.25) is 6.79 Å². The highest BCUT2D eigenvalue weighted by molar-refractivity contribution is 5.46. The summed E-state index contributed by atoms with van der Waals surface area (Å²) in [7, 11) is 0. The maximum absolute atomic E-state index is 10.1. The fourth-order valence-corrected chi connectivity index (χ4v) is 2.75. The normalized spacial score (nSPS) is 19.5. The number of aliphatic hydroxyl groups is 1. The highest BCUT2D eigenvalue weighted by Crippen LogP contribution is 2.35. The van der Waals surface area contributed by atoms with Crippen LogP contribution in [0.4, 0.5) is 0 Å². The highest BCUT2D eigenvalue weighted by atomic mass is 35.5. The Labute approximate surface area is 137 Å². The highest BCUT2D eigenvalue weighted by Gasteiger charge is 2.19. The van der Waals surface area contributed by atoms with Crippen LogP contribution in [0.25, 0.3) is 0 Å². The third-order valence-corrected chi connectivity index (χ3v) is 4.13. The van der Waals surface area contributed by atoms with E-state index in [0.717, 1.165) is 24.8 Å². The summed E-state index contributed by atoms with van der Waals surface area (Å²) < 4.78 is 16.2. The lowest BCUT2D eigenvalue weighted by atomic mass is 9.99. The molecule has 2 aliphatic rings. The van der Waals surface area contributed by atoms with Crippen LogP contribution in [-0.4, -0.2) is 49.1 Å². The quantitative estimate of drug-likeness (QED) is 0.743. The van der Waals surface area contributed by atoms with Gasteiger partial charge in [0.05, 0.1) is 0 Å². The first-order valence-corrected chi connectivity index (χ1v) is 7.63. The zero-order chi connectivity index (χ0) is 14.7. The second-order valence-corrected chi connectivity index (χ2v) is 5.96. The lowest BCUT2D eigenvalue weighted by Crippen LogP contribution is -3.00. The Morgan fingerprint density at radius 2 is 2.00 bits per heavy atom. The fourth-order valence-electron chi connectivity index (χ4n) is 2.75. The Morgan fingerprint density at radius 3 is 2.77 bits per heavy atom. The van der Waals surface area contributed by atoms with E-state index in [2.05, 4.69) is 11.8 Å². The number of nitrogens with zero attached hydrogens (tertiary/aromatic N) is 1. The van der Waals surface area contributed by atoms with Gasteiger partial charge in [-0.25, -0.2) is 0 Å². The molecule has 0 amide bonds. The molecule has 1 N–H and O–H groups in total. The number of hydrogen-bond acceptors (Lipinski definition) is 5. The van der Waals surface area contributed by atoms with Crippen molar-refractivity contribution in [2.45, 2.75) is 25.9 Å². The lowest BCUT2D eigenvalue weighted by Gasteiger charge is -2.31. The fraction of sp³-hybridized carbons (Fsp3) is 0.625. The summed E-state index contributed by atoms with van der Waals surface area (Å²) in [5, 5.41) is 10.1. The van der Waals surface area contributed by atoms with Crippen molar-refractivity contribution in [3.63, 3.8) is 0 Å². The predicted octanol–water partition coefficient (Wildman–Crippen LogP) is -1.11. The summed E-state index contributed by atoms with van der Waals surface area (Å²) in [5.74, 6) is 2.95. The first kappa shape index (κ1) is 17.2. The zero-order valence-electron chi connectivity index (χ0n) is 12.8. The Bertz CT molecular complexity index is 477. The Balaban J connectivity index is 0.00000176. The van der Waals surface area contributed by atoms with E-state index in [0.29, 0.717) is 24.7 Å². The Kier molecular flexibility index (Phi) is 6.17. The molecular formula is C16H23ClNO4-. The largest absolute Gasteiger partial charge is 1.00 e. The number of β-amino-alcohol motifs (C(OH)–C–C–N with tert-alkyl or cyclic N) is 1. The van der Waals surface area contributed by atoms with E-state index in [4.69, 9.17) is 14.2 Å². The molecule has 1 fully saturated rings.